The molecule has 2 N–H and O–H groups in total. The van der Waals surface area contributed by atoms with Gasteiger partial charge in [-0.3, -0.25) is 4.98 Å². The van der Waals surface area contributed by atoms with E-state index in [1.165, 1.54) is 34.4 Å². The maximum atomic E-state index is 13.7. The second-order valence-electron chi connectivity index (χ2n) is 8.19. The number of nitrogens with one attached hydrogen (secondary N) is 2. The maximum Gasteiger partial charge on any atom is 0.226 e. The molecule has 5 rings (SSSR count). The van der Waals surface area contributed by atoms with Crippen LogP contribution in [-0.4, -0.2) is 32.1 Å². The lowest BCUT2D eigenvalue weighted by Crippen LogP contribution is -2.28. The van der Waals surface area contributed by atoms with Crippen molar-refractivity contribution in [2.45, 2.75) is 45.3 Å². The summed E-state index contributed by atoms with van der Waals surface area (Å²) in [5.41, 5.74) is 5.00. The summed E-state index contributed by atoms with van der Waals surface area (Å²) >= 11 is 0. The maximum absolute atomic E-state index is 13.7. The summed E-state index contributed by atoms with van der Waals surface area (Å²) in [6, 6.07) is 11.7. The summed E-state index contributed by atoms with van der Waals surface area (Å²) in [5.74, 6) is 0.525. The zero-order chi connectivity index (χ0) is 21.4. The van der Waals surface area contributed by atoms with Gasteiger partial charge in [0.15, 0.2) is 0 Å². The van der Waals surface area contributed by atoms with E-state index in [1.807, 2.05) is 13.8 Å². The summed E-state index contributed by atoms with van der Waals surface area (Å²) in [4.78, 5) is 16.7. The average molecular weight is 417 g/mol. The SMILES string of the molecule is CC(C)Oc1cc(-c2cncc(F)c2)nc(N[C@@H]2CCc3[nH]c4ccccc4c3C2)n1. The number of ether oxygens (including phenoxy) is 1. The van der Waals surface area contributed by atoms with Gasteiger partial charge in [-0.2, -0.15) is 4.98 Å². The van der Waals surface area contributed by atoms with Crippen LogP contribution in [0, 0.1) is 5.82 Å². The van der Waals surface area contributed by atoms with E-state index in [9.17, 15) is 4.39 Å². The molecule has 6 nitrogen and oxygen atoms in total. The molecule has 0 saturated heterocycles. The molecule has 1 aromatic carbocycles. The first-order chi connectivity index (χ1) is 15.0. The van der Waals surface area contributed by atoms with Crippen LogP contribution in [0.3, 0.4) is 0 Å². The summed E-state index contributed by atoms with van der Waals surface area (Å²) in [7, 11) is 0. The molecule has 0 amide bonds. The first kappa shape index (κ1) is 19.5. The van der Waals surface area contributed by atoms with Gasteiger partial charge in [-0.1, -0.05) is 18.2 Å². The number of benzene rings is 1. The number of rotatable bonds is 5. The Morgan fingerprint density at radius 1 is 1.16 bits per heavy atom. The summed E-state index contributed by atoms with van der Waals surface area (Å²) < 4.78 is 19.5. The lowest BCUT2D eigenvalue weighted by Gasteiger charge is -2.24. The van der Waals surface area contributed by atoms with E-state index >= 15 is 0 Å². The van der Waals surface area contributed by atoms with Gasteiger partial charge < -0.3 is 15.0 Å². The number of anilines is 1. The quantitative estimate of drug-likeness (QED) is 0.482. The number of aryl methyl sites for hydroxylation is 1. The Balaban J connectivity index is 1.45. The molecule has 3 heterocycles. The van der Waals surface area contributed by atoms with Crippen LogP contribution in [0.5, 0.6) is 5.88 Å². The number of hydrogen-bond acceptors (Lipinski definition) is 5. The van der Waals surface area contributed by atoms with E-state index in [-0.39, 0.29) is 12.1 Å². The van der Waals surface area contributed by atoms with Crippen molar-refractivity contribution in [3.63, 3.8) is 0 Å². The van der Waals surface area contributed by atoms with Crippen LogP contribution in [0.25, 0.3) is 22.2 Å². The van der Waals surface area contributed by atoms with Gasteiger partial charge in [0.25, 0.3) is 0 Å². The van der Waals surface area contributed by atoms with Crippen molar-refractivity contribution >= 4 is 16.9 Å². The van der Waals surface area contributed by atoms with E-state index in [2.05, 4.69) is 49.5 Å². The van der Waals surface area contributed by atoms with Crippen LogP contribution in [0.2, 0.25) is 0 Å². The second-order valence-corrected chi connectivity index (χ2v) is 8.19. The van der Waals surface area contributed by atoms with Crippen LogP contribution >= 0.6 is 0 Å². The first-order valence-electron chi connectivity index (χ1n) is 10.6. The molecule has 1 aliphatic rings. The molecule has 1 aliphatic carbocycles. The van der Waals surface area contributed by atoms with Crippen molar-refractivity contribution in [2.75, 3.05) is 5.32 Å². The fourth-order valence-corrected chi connectivity index (χ4v) is 4.17. The molecule has 0 fully saturated rings. The largest absolute Gasteiger partial charge is 0.475 e. The van der Waals surface area contributed by atoms with Gasteiger partial charge in [-0.15, -0.1) is 0 Å². The standard InChI is InChI=1S/C24H24FN5O/c1-14(2)31-23-11-22(15-9-16(25)13-26-12-15)29-24(30-23)27-17-7-8-21-19(10-17)18-5-3-4-6-20(18)28-21/h3-6,9,11-14,17,28H,7-8,10H2,1-2H3,(H,27,29,30)/t17-/m1/s1. The summed E-state index contributed by atoms with van der Waals surface area (Å²) in [5, 5.41) is 4.76. The number of para-hydroxylation sites is 1. The molecule has 158 valence electrons. The molecule has 31 heavy (non-hydrogen) atoms. The molecule has 0 bridgehead atoms. The minimum Gasteiger partial charge on any atom is -0.475 e. The molecular weight excluding hydrogens is 393 g/mol. The molecule has 3 aromatic heterocycles. The Labute approximate surface area is 179 Å². The summed E-state index contributed by atoms with van der Waals surface area (Å²) in [6.07, 6.45) is 5.54. The number of nitrogens with zero attached hydrogens (tertiary/aromatic N) is 3. The predicted octanol–water partition coefficient (Wildman–Crippen LogP) is 4.92. The number of pyridine rings is 1. The monoisotopic (exact) mass is 417 g/mol. The molecule has 0 unspecified atom stereocenters. The minimum atomic E-state index is -0.406. The smallest absolute Gasteiger partial charge is 0.226 e. The first-order valence-corrected chi connectivity index (χ1v) is 10.6. The number of H-pyrrole nitrogens is 1. The molecule has 0 aliphatic heterocycles. The van der Waals surface area contributed by atoms with Crippen LogP contribution in [-0.2, 0) is 12.8 Å². The number of fused-ring (bicyclic) bond motifs is 3. The molecule has 4 aromatic rings. The van der Waals surface area contributed by atoms with Crippen LogP contribution in [0.4, 0.5) is 10.3 Å². The Hall–Kier alpha value is -3.48. The Kier molecular flexibility index (Phi) is 5.02. The third-order valence-corrected chi connectivity index (χ3v) is 5.49. The number of halogens is 1. The summed E-state index contributed by atoms with van der Waals surface area (Å²) in [6.45, 7) is 3.89. The van der Waals surface area contributed by atoms with Crippen LogP contribution in [0.1, 0.15) is 31.5 Å². The van der Waals surface area contributed by atoms with Crippen LogP contribution < -0.4 is 10.1 Å². The van der Waals surface area contributed by atoms with Gasteiger partial charge in [0.05, 0.1) is 18.0 Å². The van der Waals surface area contributed by atoms with Crippen molar-refractivity contribution in [3.05, 3.63) is 65.9 Å². The van der Waals surface area contributed by atoms with Crippen molar-refractivity contribution in [1.29, 1.82) is 0 Å². The fourth-order valence-electron chi connectivity index (χ4n) is 4.17. The van der Waals surface area contributed by atoms with Crippen molar-refractivity contribution in [1.82, 2.24) is 19.9 Å². The van der Waals surface area contributed by atoms with Crippen molar-refractivity contribution in [2.24, 2.45) is 0 Å². The van der Waals surface area contributed by atoms with E-state index < -0.39 is 5.82 Å². The Bertz CT molecular complexity index is 1240. The second kappa shape index (κ2) is 7.98. The number of aromatic amines is 1. The van der Waals surface area contributed by atoms with Gasteiger partial charge >= 0.3 is 0 Å². The highest BCUT2D eigenvalue weighted by Crippen LogP contribution is 2.31. The zero-order valence-electron chi connectivity index (χ0n) is 17.5. The molecule has 0 radical (unpaired) electrons. The average Bonchev–Trinajstić information content (AvgIpc) is 3.11. The Morgan fingerprint density at radius 2 is 2.03 bits per heavy atom. The topological polar surface area (TPSA) is 75.7 Å². The van der Waals surface area contributed by atoms with E-state index in [1.54, 1.807) is 12.3 Å². The Morgan fingerprint density at radius 3 is 2.87 bits per heavy atom. The highest BCUT2D eigenvalue weighted by atomic mass is 19.1. The van der Waals surface area contributed by atoms with E-state index in [0.29, 0.717) is 23.1 Å². The number of hydrogen-bond donors (Lipinski definition) is 2. The van der Waals surface area contributed by atoms with Gasteiger partial charge in [-0.05, 0) is 50.8 Å². The molecular formula is C24H24FN5O. The van der Waals surface area contributed by atoms with Gasteiger partial charge in [-0.25, -0.2) is 9.37 Å². The number of aromatic nitrogens is 4. The zero-order valence-corrected chi connectivity index (χ0v) is 17.5. The molecule has 0 saturated carbocycles. The predicted molar refractivity (Wildman–Crippen MR) is 119 cm³/mol. The molecule has 0 spiro atoms. The highest BCUT2D eigenvalue weighted by Gasteiger charge is 2.23. The van der Waals surface area contributed by atoms with Gasteiger partial charge in [0.2, 0.25) is 11.8 Å². The lowest BCUT2D eigenvalue weighted by atomic mass is 9.91. The molecule has 7 heteroatoms. The van der Waals surface area contributed by atoms with Crippen molar-refractivity contribution in [3.8, 4) is 17.1 Å². The highest BCUT2D eigenvalue weighted by molar-refractivity contribution is 5.85. The van der Waals surface area contributed by atoms with E-state index in [4.69, 9.17) is 4.74 Å². The van der Waals surface area contributed by atoms with E-state index in [0.717, 1.165) is 19.3 Å². The van der Waals surface area contributed by atoms with Crippen LogP contribution in [0.15, 0.2) is 48.8 Å². The van der Waals surface area contributed by atoms with Gasteiger partial charge in [0.1, 0.15) is 5.82 Å². The third-order valence-electron chi connectivity index (χ3n) is 5.49. The molecule has 1 atom stereocenters. The third kappa shape index (κ3) is 4.08. The minimum absolute atomic E-state index is 0.0373. The fraction of sp³-hybridized carbons (Fsp3) is 0.292. The van der Waals surface area contributed by atoms with Gasteiger partial charge in [0, 0.05) is 40.5 Å². The lowest BCUT2D eigenvalue weighted by molar-refractivity contribution is 0.232. The normalized spacial score (nSPS) is 15.8. The van der Waals surface area contributed by atoms with Crippen molar-refractivity contribution < 1.29 is 9.13 Å².